The van der Waals surface area contributed by atoms with Crippen LogP contribution in [0.15, 0.2) is 36.7 Å². The van der Waals surface area contributed by atoms with Crippen molar-refractivity contribution < 1.29 is 9.18 Å². The van der Waals surface area contributed by atoms with Crippen LogP contribution in [0.3, 0.4) is 0 Å². The molecule has 2 aromatic heterocycles. The number of nitrogens with zero attached hydrogens (tertiary/aromatic N) is 7. The van der Waals surface area contributed by atoms with Crippen LogP contribution in [0.2, 0.25) is 0 Å². The van der Waals surface area contributed by atoms with Gasteiger partial charge in [0.2, 0.25) is 0 Å². The Morgan fingerprint density at radius 3 is 2.67 bits per heavy atom. The van der Waals surface area contributed by atoms with E-state index in [0.29, 0.717) is 30.2 Å². The van der Waals surface area contributed by atoms with E-state index in [1.54, 1.807) is 16.8 Å². The summed E-state index contributed by atoms with van der Waals surface area (Å²) >= 11 is 0. The molecule has 0 spiro atoms. The fraction of sp³-hybridized carbons (Fsp3) is 0.429. The van der Waals surface area contributed by atoms with E-state index in [4.69, 9.17) is 0 Å². The van der Waals surface area contributed by atoms with Crippen molar-refractivity contribution in [3.63, 3.8) is 0 Å². The molecule has 0 saturated carbocycles. The number of aromatic nitrogens is 5. The van der Waals surface area contributed by atoms with Gasteiger partial charge in [0.1, 0.15) is 5.82 Å². The molecule has 0 N–H and O–H groups in total. The van der Waals surface area contributed by atoms with E-state index in [2.05, 4.69) is 33.4 Å². The molecule has 0 atom stereocenters. The molecule has 158 valence electrons. The van der Waals surface area contributed by atoms with Crippen molar-refractivity contribution in [2.45, 2.75) is 33.4 Å². The summed E-state index contributed by atoms with van der Waals surface area (Å²) in [5.41, 5.74) is 2.86. The van der Waals surface area contributed by atoms with Crippen LogP contribution >= 0.6 is 0 Å². The Kier molecular flexibility index (Phi) is 5.89. The highest BCUT2D eigenvalue weighted by atomic mass is 19.1. The molecule has 1 aliphatic rings. The summed E-state index contributed by atoms with van der Waals surface area (Å²) in [5, 5.41) is 12.6. The number of carbonyl (C=O) groups excluding carboxylic acids is 1. The van der Waals surface area contributed by atoms with Crippen LogP contribution in [0.4, 0.5) is 4.39 Å². The first-order valence-corrected chi connectivity index (χ1v) is 10.3. The fourth-order valence-electron chi connectivity index (χ4n) is 3.76. The number of hydrogen-bond acceptors (Lipinski definition) is 5. The highest BCUT2D eigenvalue weighted by Crippen LogP contribution is 2.16. The van der Waals surface area contributed by atoms with Gasteiger partial charge in [0.15, 0.2) is 5.69 Å². The molecule has 1 saturated heterocycles. The summed E-state index contributed by atoms with van der Waals surface area (Å²) in [6.45, 7) is 8.64. The smallest absolute Gasteiger partial charge is 0.276 e. The zero-order valence-corrected chi connectivity index (χ0v) is 17.3. The van der Waals surface area contributed by atoms with Gasteiger partial charge in [0, 0.05) is 51.0 Å². The number of carbonyl (C=O) groups is 1. The normalized spacial score (nSPS) is 15.4. The molecule has 1 aromatic carbocycles. The van der Waals surface area contributed by atoms with Gasteiger partial charge in [-0.25, -0.2) is 9.07 Å². The van der Waals surface area contributed by atoms with Crippen molar-refractivity contribution in [1.82, 2.24) is 34.6 Å². The molecule has 4 rings (SSSR count). The third-order valence-electron chi connectivity index (χ3n) is 5.46. The van der Waals surface area contributed by atoms with Gasteiger partial charge in [-0.05, 0) is 44.5 Å². The fourth-order valence-corrected chi connectivity index (χ4v) is 3.76. The Morgan fingerprint density at radius 2 is 1.93 bits per heavy atom. The second kappa shape index (κ2) is 8.74. The first-order chi connectivity index (χ1) is 14.5. The van der Waals surface area contributed by atoms with Gasteiger partial charge in [-0.15, -0.1) is 5.10 Å². The third kappa shape index (κ3) is 4.25. The first kappa shape index (κ1) is 20.2. The Bertz CT molecular complexity index is 1010. The lowest BCUT2D eigenvalue weighted by Crippen LogP contribution is -2.35. The summed E-state index contributed by atoms with van der Waals surface area (Å²) in [6, 6.07) is 5.97. The maximum Gasteiger partial charge on any atom is 0.276 e. The first-order valence-electron chi connectivity index (χ1n) is 10.3. The van der Waals surface area contributed by atoms with Crippen molar-refractivity contribution in [2.24, 2.45) is 0 Å². The quantitative estimate of drug-likeness (QED) is 0.644. The van der Waals surface area contributed by atoms with Crippen LogP contribution in [0.1, 0.15) is 35.1 Å². The topological polar surface area (TPSA) is 72.1 Å². The van der Waals surface area contributed by atoms with E-state index in [0.717, 1.165) is 32.6 Å². The molecule has 9 heteroatoms. The largest absolute Gasteiger partial charge is 0.336 e. The minimum absolute atomic E-state index is 0.110. The number of benzene rings is 1. The molecule has 1 fully saturated rings. The van der Waals surface area contributed by atoms with Crippen molar-refractivity contribution >= 4 is 5.91 Å². The van der Waals surface area contributed by atoms with E-state index >= 15 is 0 Å². The zero-order chi connectivity index (χ0) is 21.1. The molecule has 1 aliphatic heterocycles. The molecular weight excluding hydrogens is 385 g/mol. The van der Waals surface area contributed by atoms with Crippen molar-refractivity contribution in [1.29, 1.82) is 0 Å². The van der Waals surface area contributed by atoms with Crippen molar-refractivity contribution in [3.8, 4) is 5.69 Å². The van der Waals surface area contributed by atoms with Crippen LogP contribution in [0.5, 0.6) is 0 Å². The highest BCUT2D eigenvalue weighted by Gasteiger charge is 2.25. The van der Waals surface area contributed by atoms with Crippen LogP contribution in [-0.4, -0.2) is 66.7 Å². The molecule has 30 heavy (non-hydrogen) atoms. The number of halogens is 1. The van der Waals surface area contributed by atoms with E-state index in [1.807, 2.05) is 22.7 Å². The molecule has 0 radical (unpaired) electrons. The van der Waals surface area contributed by atoms with Crippen molar-refractivity contribution in [3.05, 3.63) is 59.4 Å². The Morgan fingerprint density at radius 1 is 1.13 bits per heavy atom. The Balaban J connectivity index is 1.42. The molecule has 3 heterocycles. The molecule has 3 aromatic rings. The van der Waals surface area contributed by atoms with Gasteiger partial charge in [0.05, 0.1) is 17.6 Å². The standard InChI is InChI=1S/C21H26FN7O/c1-3-28-15-17(13-23-28)14-26-9-4-10-27(12-11-26)21(30)20-16(2)29(25-24-20)19-7-5-18(22)6-8-19/h5-8,13,15H,3-4,9-12,14H2,1-2H3. The monoisotopic (exact) mass is 411 g/mol. The highest BCUT2D eigenvalue weighted by molar-refractivity contribution is 5.93. The number of rotatable bonds is 5. The van der Waals surface area contributed by atoms with Crippen LogP contribution in [-0.2, 0) is 13.1 Å². The van der Waals surface area contributed by atoms with Crippen LogP contribution in [0.25, 0.3) is 5.69 Å². The van der Waals surface area contributed by atoms with Crippen molar-refractivity contribution in [2.75, 3.05) is 26.2 Å². The van der Waals surface area contributed by atoms with E-state index < -0.39 is 0 Å². The van der Waals surface area contributed by atoms with E-state index in [1.165, 1.54) is 17.7 Å². The van der Waals surface area contributed by atoms with Gasteiger partial charge >= 0.3 is 0 Å². The lowest BCUT2D eigenvalue weighted by Gasteiger charge is -2.21. The maximum atomic E-state index is 13.2. The number of aryl methyl sites for hydroxylation is 1. The minimum Gasteiger partial charge on any atom is -0.336 e. The van der Waals surface area contributed by atoms with Gasteiger partial charge < -0.3 is 4.90 Å². The minimum atomic E-state index is -0.316. The summed E-state index contributed by atoms with van der Waals surface area (Å²) in [5.74, 6) is -0.425. The van der Waals surface area contributed by atoms with Crippen LogP contribution < -0.4 is 0 Å². The lowest BCUT2D eigenvalue weighted by atomic mass is 10.2. The molecule has 1 amide bonds. The average molecular weight is 411 g/mol. The Hall–Kier alpha value is -3.07. The molecule has 0 unspecified atom stereocenters. The SMILES string of the molecule is CCn1cc(CN2CCCN(C(=O)c3nnn(-c4ccc(F)cc4)c3C)CC2)cn1. The average Bonchev–Trinajstić information content (AvgIpc) is 3.28. The summed E-state index contributed by atoms with van der Waals surface area (Å²) < 4.78 is 16.7. The maximum absolute atomic E-state index is 13.2. The van der Waals surface area contributed by atoms with Gasteiger partial charge in [-0.1, -0.05) is 5.21 Å². The van der Waals surface area contributed by atoms with Gasteiger partial charge in [-0.3, -0.25) is 14.4 Å². The van der Waals surface area contributed by atoms with E-state index in [-0.39, 0.29) is 11.7 Å². The van der Waals surface area contributed by atoms with Gasteiger partial charge in [0.25, 0.3) is 5.91 Å². The number of hydrogen-bond donors (Lipinski definition) is 0. The van der Waals surface area contributed by atoms with E-state index in [9.17, 15) is 9.18 Å². The zero-order valence-electron chi connectivity index (χ0n) is 17.3. The number of amides is 1. The predicted molar refractivity (Wildman–Crippen MR) is 110 cm³/mol. The molecular formula is C21H26FN7O. The second-order valence-corrected chi connectivity index (χ2v) is 7.54. The molecule has 0 aliphatic carbocycles. The summed E-state index contributed by atoms with van der Waals surface area (Å²) in [6.07, 6.45) is 4.89. The second-order valence-electron chi connectivity index (χ2n) is 7.54. The summed E-state index contributed by atoms with van der Waals surface area (Å²) in [4.78, 5) is 17.3. The third-order valence-corrected chi connectivity index (χ3v) is 5.46. The molecule has 0 bridgehead atoms. The van der Waals surface area contributed by atoms with Gasteiger partial charge in [-0.2, -0.15) is 5.10 Å². The molecule has 8 nitrogen and oxygen atoms in total. The lowest BCUT2D eigenvalue weighted by molar-refractivity contribution is 0.0754. The predicted octanol–water partition coefficient (Wildman–Crippen LogP) is 2.28. The van der Waals surface area contributed by atoms with Crippen LogP contribution in [0, 0.1) is 12.7 Å². The Labute approximate surface area is 174 Å². The summed E-state index contributed by atoms with van der Waals surface area (Å²) in [7, 11) is 0.